The van der Waals surface area contributed by atoms with E-state index in [0.717, 1.165) is 53.1 Å². The second kappa shape index (κ2) is 15.6. The molecule has 10 heteroatoms. The Hall–Kier alpha value is -4.83. The van der Waals surface area contributed by atoms with Crippen molar-refractivity contribution in [1.82, 2.24) is 10.2 Å². The number of sulfonamides is 1. The third-order valence-electron chi connectivity index (χ3n) is 9.08. The van der Waals surface area contributed by atoms with Crippen molar-refractivity contribution in [2.24, 2.45) is 0 Å². The maximum absolute atomic E-state index is 14.8. The van der Waals surface area contributed by atoms with Gasteiger partial charge in [-0.05, 0) is 55.2 Å². The Morgan fingerprint density at radius 3 is 2.18 bits per heavy atom. The Kier molecular flexibility index (Phi) is 10.8. The van der Waals surface area contributed by atoms with E-state index in [4.69, 9.17) is 9.47 Å². The molecule has 256 valence electrons. The summed E-state index contributed by atoms with van der Waals surface area (Å²) in [6.07, 6.45) is 5.28. The summed E-state index contributed by atoms with van der Waals surface area (Å²) in [6.45, 7) is 2.27. The molecule has 0 aromatic heterocycles. The number of nitrogens with one attached hydrogen (secondary N) is 1. The molecule has 9 nitrogen and oxygen atoms in total. The molecule has 1 saturated carbocycles. The number of amides is 2. The first-order chi connectivity index (χ1) is 23.8. The van der Waals surface area contributed by atoms with Crippen LogP contribution in [0.1, 0.15) is 48.8 Å². The molecule has 1 fully saturated rings. The highest BCUT2D eigenvalue weighted by Gasteiger charge is 2.36. The van der Waals surface area contributed by atoms with Crippen LogP contribution >= 0.6 is 0 Å². The minimum Gasteiger partial charge on any atom is -0.486 e. The van der Waals surface area contributed by atoms with Gasteiger partial charge in [-0.1, -0.05) is 97.6 Å². The second-order valence-corrected chi connectivity index (χ2v) is 14.6. The first-order valence-corrected chi connectivity index (χ1v) is 18.4. The number of fused-ring (bicyclic) bond motifs is 1. The van der Waals surface area contributed by atoms with Gasteiger partial charge in [0.15, 0.2) is 11.5 Å². The summed E-state index contributed by atoms with van der Waals surface area (Å²) in [5, 5.41) is 3.25. The fourth-order valence-corrected chi connectivity index (χ4v) is 7.97. The number of anilines is 1. The predicted molar refractivity (Wildman–Crippen MR) is 189 cm³/mol. The molecule has 1 aliphatic carbocycles. The van der Waals surface area contributed by atoms with Crippen LogP contribution in [0.2, 0.25) is 0 Å². The Morgan fingerprint density at radius 2 is 1.47 bits per heavy atom. The number of benzene rings is 4. The van der Waals surface area contributed by atoms with Crippen molar-refractivity contribution in [1.29, 1.82) is 0 Å². The fourth-order valence-electron chi connectivity index (χ4n) is 6.54. The molecule has 6 rings (SSSR count). The van der Waals surface area contributed by atoms with Gasteiger partial charge in [-0.3, -0.25) is 13.9 Å². The normalized spacial score (nSPS) is 15.2. The van der Waals surface area contributed by atoms with Crippen LogP contribution in [0.5, 0.6) is 11.5 Å². The summed E-state index contributed by atoms with van der Waals surface area (Å²) >= 11 is 0. The summed E-state index contributed by atoms with van der Waals surface area (Å²) in [5.74, 6) is 0.154. The van der Waals surface area contributed by atoms with E-state index in [1.54, 1.807) is 41.3 Å². The average Bonchev–Trinajstić information content (AvgIpc) is 3.13. The zero-order valence-corrected chi connectivity index (χ0v) is 28.6. The zero-order valence-electron chi connectivity index (χ0n) is 27.8. The number of hydrogen-bond acceptors (Lipinski definition) is 6. The summed E-state index contributed by atoms with van der Waals surface area (Å²) in [5.41, 5.74) is 3.01. The van der Waals surface area contributed by atoms with E-state index in [1.807, 2.05) is 61.5 Å². The molecule has 1 heterocycles. The first kappa shape index (κ1) is 34.0. The van der Waals surface area contributed by atoms with Crippen molar-refractivity contribution in [3.05, 3.63) is 120 Å². The Labute approximate surface area is 288 Å². The molecule has 0 saturated heterocycles. The summed E-state index contributed by atoms with van der Waals surface area (Å²) in [6, 6.07) is 29.5. The number of hydrogen-bond donors (Lipinski definition) is 1. The van der Waals surface area contributed by atoms with Gasteiger partial charge in [0.05, 0.1) is 10.6 Å². The second-order valence-electron chi connectivity index (χ2n) is 12.7. The van der Waals surface area contributed by atoms with E-state index in [9.17, 15) is 18.0 Å². The van der Waals surface area contributed by atoms with E-state index < -0.39 is 28.5 Å². The van der Waals surface area contributed by atoms with Gasteiger partial charge in [0.25, 0.3) is 10.0 Å². The summed E-state index contributed by atoms with van der Waals surface area (Å²) in [4.78, 5) is 30.7. The smallest absolute Gasteiger partial charge is 0.264 e. The molecule has 49 heavy (non-hydrogen) atoms. The lowest BCUT2D eigenvalue weighted by Crippen LogP contribution is -2.55. The van der Waals surface area contributed by atoms with E-state index in [-0.39, 0.29) is 35.5 Å². The van der Waals surface area contributed by atoms with Gasteiger partial charge in [-0.2, -0.15) is 0 Å². The van der Waals surface area contributed by atoms with Crippen LogP contribution in [0.3, 0.4) is 0 Å². The van der Waals surface area contributed by atoms with Crippen LogP contribution in [-0.2, 0) is 32.6 Å². The van der Waals surface area contributed by atoms with Crippen LogP contribution < -0.4 is 19.1 Å². The highest BCUT2D eigenvalue weighted by atomic mass is 32.2. The molecule has 4 aromatic rings. The molecule has 1 unspecified atom stereocenters. The number of carbonyl (C=O) groups excluding carboxylic acids is 2. The molecule has 1 atom stereocenters. The maximum atomic E-state index is 14.8. The van der Waals surface area contributed by atoms with Crippen LogP contribution in [-0.4, -0.2) is 57.0 Å². The van der Waals surface area contributed by atoms with Gasteiger partial charge in [-0.15, -0.1) is 0 Å². The summed E-state index contributed by atoms with van der Waals surface area (Å²) in [7, 11) is -4.23. The molecule has 0 bridgehead atoms. The highest BCUT2D eigenvalue weighted by Crippen LogP contribution is 2.36. The van der Waals surface area contributed by atoms with E-state index in [2.05, 4.69) is 5.32 Å². The summed E-state index contributed by atoms with van der Waals surface area (Å²) < 4.78 is 41.2. The maximum Gasteiger partial charge on any atom is 0.264 e. The minimum atomic E-state index is -4.23. The van der Waals surface area contributed by atoms with Gasteiger partial charge < -0.3 is 19.7 Å². The molecule has 2 amide bonds. The lowest BCUT2D eigenvalue weighted by Gasteiger charge is -2.35. The van der Waals surface area contributed by atoms with Crippen molar-refractivity contribution < 1.29 is 27.5 Å². The number of nitrogens with zero attached hydrogens (tertiary/aromatic N) is 2. The van der Waals surface area contributed by atoms with Crippen LogP contribution in [0.4, 0.5) is 5.69 Å². The Balaban J connectivity index is 1.40. The number of carbonyl (C=O) groups is 2. The first-order valence-electron chi connectivity index (χ1n) is 16.9. The quantitative estimate of drug-likeness (QED) is 0.195. The highest BCUT2D eigenvalue weighted by molar-refractivity contribution is 7.92. The van der Waals surface area contributed by atoms with E-state index >= 15 is 0 Å². The molecule has 1 aliphatic heterocycles. The Bertz CT molecular complexity index is 1850. The molecule has 0 spiro atoms. The standard InChI is InChI=1S/C39H43N3O6S/c1-29-12-11-15-31(24-29)27-41(35(25-30-13-5-2-6-14-30)39(44)40-32-16-7-3-8-17-32)38(43)28-42(49(45,46)34-18-9-4-10-19-34)33-20-21-36-37(26-33)48-23-22-47-36/h2,4-6,9-15,18-21,24,26,32,35H,3,7-8,16-17,22-23,25,27-28H2,1H3,(H,40,44). The van der Waals surface area contributed by atoms with Crippen molar-refractivity contribution in [2.75, 3.05) is 24.1 Å². The monoisotopic (exact) mass is 681 g/mol. The van der Waals surface area contributed by atoms with Crippen LogP contribution in [0.15, 0.2) is 108 Å². The van der Waals surface area contributed by atoms with Gasteiger partial charge in [0.1, 0.15) is 25.8 Å². The fraction of sp³-hybridized carbons (Fsp3) is 0.333. The molecular formula is C39H43N3O6S. The average molecular weight is 682 g/mol. The van der Waals surface area contributed by atoms with Crippen molar-refractivity contribution in [3.8, 4) is 11.5 Å². The van der Waals surface area contributed by atoms with Crippen molar-refractivity contribution >= 4 is 27.5 Å². The number of aryl methyl sites for hydroxylation is 1. The van der Waals surface area contributed by atoms with Gasteiger partial charge in [0, 0.05) is 25.1 Å². The van der Waals surface area contributed by atoms with Gasteiger partial charge >= 0.3 is 0 Å². The number of ether oxygens (including phenoxy) is 2. The van der Waals surface area contributed by atoms with Crippen molar-refractivity contribution in [2.45, 2.75) is 69.0 Å². The topological polar surface area (TPSA) is 105 Å². The zero-order chi connectivity index (χ0) is 34.2. The third-order valence-corrected chi connectivity index (χ3v) is 10.9. The van der Waals surface area contributed by atoms with Gasteiger partial charge in [-0.25, -0.2) is 8.42 Å². The lowest BCUT2D eigenvalue weighted by molar-refractivity contribution is -0.140. The van der Waals surface area contributed by atoms with Gasteiger partial charge in [0.2, 0.25) is 11.8 Å². The van der Waals surface area contributed by atoms with Crippen LogP contribution in [0.25, 0.3) is 0 Å². The van der Waals surface area contributed by atoms with Crippen molar-refractivity contribution in [3.63, 3.8) is 0 Å². The molecule has 0 radical (unpaired) electrons. The largest absolute Gasteiger partial charge is 0.486 e. The van der Waals surface area contributed by atoms with Crippen LogP contribution in [0, 0.1) is 6.92 Å². The number of rotatable bonds is 12. The lowest BCUT2D eigenvalue weighted by atomic mass is 9.94. The third kappa shape index (κ3) is 8.43. The molecule has 4 aromatic carbocycles. The van der Waals surface area contributed by atoms with E-state index in [0.29, 0.717) is 24.7 Å². The Morgan fingerprint density at radius 1 is 0.796 bits per heavy atom. The van der Waals surface area contributed by atoms with E-state index in [1.165, 1.54) is 12.1 Å². The SMILES string of the molecule is Cc1cccc(CN(C(=O)CN(c2ccc3c(c2)OCCO3)S(=O)(=O)c2ccccc2)C(Cc2ccccc2)C(=O)NC2CCCCC2)c1. The molecule has 2 aliphatic rings. The minimum absolute atomic E-state index is 0.0307. The molecular weight excluding hydrogens is 639 g/mol. The predicted octanol–water partition coefficient (Wildman–Crippen LogP) is 6.05. The molecule has 1 N–H and O–H groups in total.